The highest BCUT2D eigenvalue weighted by molar-refractivity contribution is 5.39. The minimum absolute atomic E-state index is 0.0542. The normalized spacial score (nSPS) is 16.7. The zero-order valence-corrected chi connectivity index (χ0v) is 11.3. The van der Waals surface area contributed by atoms with Crippen molar-refractivity contribution in [3.8, 4) is 0 Å². The van der Waals surface area contributed by atoms with Gasteiger partial charge in [-0.2, -0.15) is 0 Å². The first-order valence-corrected chi connectivity index (χ1v) is 6.37. The van der Waals surface area contributed by atoms with Crippen LogP contribution in [0.5, 0.6) is 0 Å². The van der Waals surface area contributed by atoms with Crippen LogP contribution in [0.4, 0.5) is 5.82 Å². The Hall–Kier alpha value is -1.42. The molecule has 0 fully saturated rings. The molecule has 2 heterocycles. The number of aromatic nitrogens is 2. The number of hydrogen-bond donors (Lipinski definition) is 1. The van der Waals surface area contributed by atoms with Crippen LogP contribution in [0.3, 0.4) is 0 Å². The lowest BCUT2D eigenvalue weighted by Crippen LogP contribution is -2.31. The van der Waals surface area contributed by atoms with E-state index in [1.165, 1.54) is 5.57 Å². The molecule has 0 unspecified atom stereocenters. The molecule has 0 atom stereocenters. The molecule has 1 aromatic rings. The highest BCUT2D eigenvalue weighted by Gasteiger charge is 2.21. The summed E-state index contributed by atoms with van der Waals surface area (Å²) in [4.78, 5) is 10.7. The van der Waals surface area contributed by atoms with E-state index in [-0.39, 0.29) is 12.0 Å². The lowest BCUT2D eigenvalue weighted by atomic mass is 9.83. The quantitative estimate of drug-likeness (QED) is 0.814. The second-order valence-electron chi connectivity index (χ2n) is 5.70. The molecular formula is C14H21N3O. The fourth-order valence-electron chi connectivity index (χ4n) is 2.15. The van der Waals surface area contributed by atoms with Gasteiger partial charge >= 0.3 is 0 Å². The van der Waals surface area contributed by atoms with Gasteiger partial charge in [0.1, 0.15) is 5.82 Å². The van der Waals surface area contributed by atoms with Gasteiger partial charge in [0.05, 0.1) is 24.7 Å². The van der Waals surface area contributed by atoms with Crippen molar-refractivity contribution < 1.29 is 5.11 Å². The van der Waals surface area contributed by atoms with Gasteiger partial charge in [-0.3, -0.25) is 4.98 Å². The summed E-state index contributed by atoms with van der Waals surface area (Å²) < 4.78 is 0. The van der Waals surface area contributed by atoms with Gasteiger partial charge in [-0.1, -0.05) is 32.4 Å². The molecule has 0 bridgehead atoms. The average molecular weight is 247 g/mol. The van der Waals surface area contributed by atoms with E-state index >= 15 is 0 Å². The maximum Gasteiger partial charge on any atom is 0.147 e. The van der Waals surface area contributed by atoms with E-state index < -0.39 is 0 Å². The molecule has 4 nitrogen and oxygen atoms in total. The second-order valence-corrected chi connectivity index (χ2v) is 5.70. The smallest absolute Gasteiger partial charge is 0.147 e. The zero-order valence-electron chi connectivity index (χ0n) is 11.3. The van der Waals surface area contributed by atoms with Gasteiger partial charge in [0.2, 0.25) is 0 Å². The number of aliphatic hydroxyl groups is 1. The number of hydrogen-bond acceptors (Lipinski definition) is 4. The summed E-state index contributed by atoms with van der Waals surface area (Å²) in [6.07, 6.45) is 6.75. The Morgan fingerprint density at radius 1 is 1.28 bits per heavy atom. The summed E-state index contributed by atoms with van der Waals surface area (Å²) >= 11 is 0. The van der Waals surface area contributed by atoms with Crippen LogP contribution in [0.25, 0.3) is 0 Å². The predicted molar refractivity (Wildman–Crippen MR) is 72.3 cm³/mol. The Kier molecular flexibility index (Phi) is 3.66. The van der Waals surface area contributed by atoms with Crippen molar-refractivity contribution in [1.82, 2.24) is 9.97 Å². The van der Waals surface area contributed by atoms with Crippen LogP contribution in [0.2, 0.25) is 0 Å². The van der Waals surface area contributed by atoms with E-state index in [4.69, 9.17) is 5.11 Å². The molecule has 0 aromatic carbocycles. The lowest BCUT2D eigenvalue weighted by molar-refractivity contribution is 0.276. The zero-order chi connectivity index (χ0) is 13.2. The number of aliphatic hydroxyl groups excluding tert-OH is 1. The molecule has 1 N–H and O–H groups in total. The van der Waals surface area contributed by atoms with Crippen LogP contribution in [0.1, 0.15) is 32.9 Å². The summed E-state index contributed by atoms with van der Waals surface area (Å²) in [5.74, 6) is 0.886. The Bertz CT molecular complexity index is 431. The topological polar surface area (TPSA) is 49.2 Å². The van der Waals surface area contributed by atoms with Crippen molar-refractivity contribution in [2.24, 2.45) is 5.41 Å². The Morgan fingerprint density at radius 3 is 2.50 bits per heavy atom. The first kappa shape index (κ1) is 13.0. The highest BCUT2D eigenvalue weighted by Crippen LogP contribution is 2.30. The van der Waals surface area contributed by atoms with Crippen LogP contribution in [-0.4, -0.2) is 28.2 Å². The van der Waals surface area contributed by atoms with Crippen LogP contribution >= 0.6 is 0 Å². The molecular weight excluding hydrogens is 226 g/mol. The molecule has 0 saturated heterocycles. The number of nitrogens with zero attached hydrogens (tertiary/aromatic N) is 3. The van der Waals surface area contributed by atoms with Crippen molar-refractivity contribution in [2.45, 2.75) is 33.8 Å². The van der Waals surface area contributed by atoms with Gasteiger partial charge in [-0.15, -0.1) is 0 Å². The van der Waals surface area contributed by atoms with E-state index in [1.54, 1.807) is 12.4 Å². The molecule has 0 spiro atoms. The fraction of sp³-hybridized carbons (Fsp3) is 0.571. The van der Waals surface area contributed by atoms with E-state index in [2.05, 4.69) is 41.7 Å². The van der Waals surface area contributed by atoms with Crippen molar-refractivity contribution in [3.05, 3.63) is 29.7 Å². The summed E-state index contributed by atoms with van der Waals surface area (Å²) in [5, 5.41) is 8.94. The fourth-order valence-corrected chi connectivity index (χ4v) is 2.15. The third-order valence-corrected chi connectivity index (χ3v) is 3.35. The lowest BCUT2D eigenvalue weighted by Gasteiger charge is -2.32. The first-order valence-electron chi connectivity index (χ1n) is 6.37. The van der Waals surface area contributed by atoms with Gasteiger partial charge in [0, 0.05) is 13.1 Å². The van der Waals surface area contributed by atoms with Crippen LogP contribution in [-0.2, 0) is 6.61 Å². The summed E-state index contributed by atoms with van der Waals surface area (Å²) in [6.45, 7) is 8.58. The van der Waals surface area contributed by atoms with Gasteiger partial charge in [-0.25, -0.2) is 4.98 Å². The molecule has 1 aliphatic rings. The van der Waals surface area contributed by atoms with E-state index in [0.717, 1.165) is 25.3 Å². The minimum atomic E-state index is -0.0542. The molecule has 0 aliphatic carbocycles. The van der Waals surface area contributed by atoms with Crippen LogP contribution in [0, 0.1) is 5.41 Å². The average Bonchev–Trinajstić information content (AvgIpc) is 2.38. The maximum absolute atomic E-state index is 8.94. The minimum Gasteiger partial charge on any atom is -0.390 e. The largest absolute Gasteiger partial charge is 0.390 e. The molecule has 0 radical (unpaired) electrons. The molecule has 0 amide bonds. The monoisotopic (exact) mass is 247 g/mol. The summed E-state index contributed by atoms with van der Waals surface area (Å²) in [7, 11) is 0. The molecule has 2 rings (SSSR count). The van der Waals surface area contributed by atoms with Crippen molar-refractivity contribution in [2.75, 3.05) is 18.0 Å². The third kappa shape index (κ3) is 2.88. The molecule has 4 heteroatoms. The van der Waals surface area contributed by atoms with E-state index in [0.29, 0.717) is 5.69 Å². The number of rotatable bonds is 2. The molecule has 98 valence electrons. The summed E-state index contributed by atoms with van der Waals surface area (Å²) in [6, 6.07) is 0. The van der Waals surface area contributed by atoms with Crippen LogP contribution < -0.4 is 4.90 Å². The maximum atomic E-state index is 8.94. The summed E-state index contributed by atoms with van der Waals surface area (Å²) in [5.41, 5.74) is 2.39. The first-order chi connectivity index (χ1) is 8.50. The molecule has 18 heavy (non-hydrogen) atoms. The van der Waals surface area contributed by atoms with Gasteiger partial charge in [-0.05, 0) is 11.8 Å². The van der Waals surface area contributed by atoms with Gasteiger partial charge < -0.3 is 10.0 Å². The highest BCUT2D eigenvalue weighted by atomic mass is 16.3. The van der Waals surface area contributed by atoms with E-state index in [9.17, 15) is 0 Å². The number of anilines is 1. The predicted octanol–water partition coefficient (Wildman–Crippen LogP) is 2.15. The molecule has 1 aromatic heterocycles. The Balaban J connectivity index is 2.07. The molecule has 1 aliphatic heterocycles. The van der Waals surface area contributed by atoms with Crippen molar-refractivity contribution in [3.63, 3.8) is 0 Å². The van der Waals surface area contributed by atoms with Crippen molar-refractivity contribution in [1.29, 1.82) is 0 Å². The standard InChI is InChI=1S/C14H21N3O/c1-14(2,3)11-4-6-17(7-5-11)13-9-15-12(10-18)8-16-13/h4,8-9,18H,5-7,10H2,1-3H3. The van der Waals surface area contributed by atoms with Gasteiger partial charge in [0.25, 0.3) is 0 Å². The van der Waals surface area contributed by atoms with E-state index in [1.807, 2.05) is 0 Å². The Labute approximate surface area is 108 Å². The molecule has 0 saturated carbocycles. The second kappa shape index (κ2) is 5.06. The Morgan fingerprint density at radius 2 is 2.06 bits per heavy atom. The SMILES string of the molecule is CC(C)(C)C1=CCN(c2cnc(CO)cn2)CC1. The third-order valence-electron chi connectivity index (χ3n) is 3.35. The van der Waals surface area contributed by atoms with Crippen molar-refractivity contribution >= 4 is 5.82 Å². The van der Waals surface area contributed by atoms with Crippen LogP contribution in [0.15, 0.2) is 24.0 Å². The van der Waals surface area contributed by atoms with Gasteiger partial charge in [0.15, 0.2) is 0 Å².